The van der Waals surface area contributed by atoms with E-state index in [1.54, 1.807) is 0 Å². The van der Waals surface area contributed by atoms with Gasteiger partial charge < -0.3 is 4.90 Å². The zero-order chi connectivity index (χ0) is 51.1. The summed E-state index contributed by atoms with van der Waals surface area (Å²) in [5.74, 6) is 1.85. The molecule has 0 aliphatic heterocycles. The van der Waals surface area contributed by atoms with Crippen LogP contribution < -0.4 is 4.90 Å². The zero-order valence-corrected chi connectivity index (χ0v) is 42.0. The average molecular weight is 984 g/mol. The summed E-state index contributed by atoms with van der Waals surface area (Å²) in [7, 11) is 0. The Kier molecular flexibility index (Phi) is 11.5. The molecule has 0 spiro atoms. The molecule has 12 aromatic carbocycles. The standard InChI is InChI=1S/C72H49N5/c1-5-18-53(19-6-1)71-73-67-43-36-60(48-69(67)76(71)62-27-9-3-10-28-62)57-25-15-23-55(45-57)51-31-38-64(39-32-51)75(66-42-35-50-17-13-14-22-59(50)47-66)65-40-33-52(34-41-65)56-24-16-26-58(46-56)61-37-44-68-70(49-61)77(63-29-11-4-12-30-63)72(74-68)54-20-7-2-8-21-54/h1-49H. The summed E-state index contributed by atoms with van der Waals surface area (Å²) < 4.78 is 4.55. The molecule has 0 radical (unpaired) electrons. The number of nitrogens with zero attached hydrogens (tertiary/aromatic N) is 5. The molecule has 5 nitrogen and oxygen atoms in total. The lowest BCUT2D eigenvalue weighted by Gasteiger charge is -2.26. The van der Waals surface area contributed by atoms with Gasteiger partial charge in [-0.25, -0.2) is 9.97 Å². The van der Waals surface area contributed by atoms with E-state index in [0.29, 0.717) is 0 Å². The Labute approximate surface area is 447 Å². The number of para-hydroxylation sites is 2. The highest BCUT2D eigenvalue weighted by atomic mass is 15.1. The molecule has 0 aliphatic carbocycles. The number of hydrogen-bond acceptors (Lipinski definition) is 3. The number of fused-ring (bicyclic) bond motifs is 3. The summed E-state index contributed by atoms with van der Waals surface area (Å²) in [6.07, 6.45) is 0. The minimum atomic E-state index is 0.925. The normalized spacial score (nSPS) is 11.4. The van der Waals surface area contributed by atoms with Gasteiger partial charge in [-0.1, -0.05) is 200 Å². The number of benzene rings is 12. The van der Waals surface area contributed by atoms with E-state index in [-0.39, 0.29) is 0 Å². The number of aromatic nitrogens is 4. The van der Waals surface area contributed by atoms with Crippen LogP contribution in [-0.4, -0.2) is 19.1 Å². The van der Waals surface area contributed by atoms with Crippen LogP contribution in [0.4, 0.5) is 17.1 Å². The fourth-order valence-electron chi connectivity index (χ4n) is 10.9. The predicted molar refractivity (Wildman–Crippen MR) is 321 cm³/mol. The first-order chi connectivity index (χ1) is 38.1. The van der Waals surface area contributed by atoms with Gasteiger partial charge in [0.1, 0.15) is 11.6 Å². The van der Waals surface area contributed by atoms with Gasteiger partial charge >= 0.3 is 0 Å². The zero-order valence-electron chi connectivity index (χ0n) is 42.0. The van der Waals surface area contributed by atoms with Crippen molar-refractivity contribution in [3.8, 4) is 78.7 Å². The van der Waals surface area contributed by atoms with Gasteiger partial charge in [-0.05, 0) is 152 Å². The van der Waals surface area contributed by atoms with E-state index in [1.807, 2.05) is 12.1 Å². The van der Waals surface area contributed by atoms with Crippen molar-refractivity contribution < 1.29 is 0 Å². The Morgan fingerprint density at radius 2 is 0.584 bits per heavy atom. The van der Waals surface area contributed by atoms with Crippen LogP contribution in [0.25, 0.3) is 111 Å². The third kappa shape index (κ3) is 8.62. The molecule has 0 aliphatic rings. The maximum absolute atomic E-state index is 5.15. The Bertz CT molecular complexity index is 4160. The maximum Gasteiger partial charge on any atom is 0.145 e. The molecule has 2 aromatic heterocycles. The van der Waals surface area contributed by atoms with Crippen molar-refractivity contribution in [3.63, 3.8) is 0 Å². The minimum Gasteiger partial charge on any atom is -0.310 e. The summed E-state index contributed by atoms with van der Waals surface area (Å²) >= 11 is 0. The molecule has 14 rings (SSSR count). The van der Waals surface area contributed by atoms with Crippen molar-refractivity contribution in [3.05, 3.63) is 297 Å². The molecular formula is C72H49N5. The lowest BCUT2D eigenvalue weighted by Crippen LogP contribution is -2.09. The van der Waals surface area contributed by atoms with Crippen molar-refractivity contribution >= 4 is 49.9 Å². The van der Waals surface area contributed by atoms with Crippen molar-refractivity contribution in [2.45, 2.75) is 0 Å². The molecule has 0 atom stereocenters. The van der Waals surface area contributed by atoms with Gasteiger partial charge in [-0.2, -0.15) is 0 Å². The summed E-state index contributed by atoms with van der Waals surface area (Å²) in [4.78, 5) is 12.7. The van der Waals surface area contributed by atoms with Crippen LogP contribution in [0.2, 0.25) is 0 Å². The lowest BCUT2D eigenvalue weighted by molar-refractivity contribution is 1.10. The highest BCUT2D eigenvalue weighted by molar-refractivity contribution is 5.92. The first-order valence-electron chi connectivity index (χ1n) is 26.1. The van der Waals surface area contributed by atoms with Gasteiger partial charge in [0, 0.05) is 39.6 Å². The van der Waals surface area contributed by atoms with Crippen molar-refractivity contribution in [1.29, 1.82) is 0 Å². The highest BCUT2D eigenvalue weighted by Crippen LogP contribution is 2.40. The molecule has 0 N–H and O–H groups in total. The molecule has 0 unspecified atom stereocenters. The topological polar surface area (TPSA) is 38.9 Å². The Morgan fingerprint density at radius 1 is 0.234 bits per heavy atom. The second-order valence-electron chi connectivity index (χ2n) is 19.5. The van der Waals surface area contributed by atoms with Crippen molar-refractivity contribution in [1.82, 2.24) is 19.1 Å². The summed E-state index contributed by atoms with van der Waals surface area (Å²) in [5.41, 5.74) is 20.8. The molecule has 0 amide bonds. The molecule has 2 heterocycles. The Hall–Kier alpha value is -10.4. The highest BCUT2D eigenvalue weighted by Gasteiger charge is 2.19. The van der Waals surface area contributed by atoms with E-state index < -0.39 is 0 Å². The SMILES string of the molecule is c1ccc(-c2nc3ccc(-c4cccc(-c5ccc(N(c6ccc(-c7cccc(-c8ccc9nc(-c%10ccccc%10)n(-c%10ccccc%10)c9c8)c7)cc6)c6ccc7ccccc7c6)cc5)c4)cc3n2-c2ccccc2)cc1. The third-order valence-electron chi connectivity index (χ3n) is 14.7. The molecule has 0 saturated heterocycles. The van der Waals surface area contributed by atoms with E-state index in [4.69, 9.17) is 9.97 Å². The first kappa shape index (κ1) is 45.3. The molecule has 0 bridgehead atoms. The van der Waals surface area contributed by atoms with Crippen LogP contribution in [0.3, 0.4) is 0 Å². The quantitative estimate of drug-likeness (QED) is 0.130. The molecule has 0 saturated carbocycles. The van der Waals surface area contributed by atoms with Gasteiger partial charge in [0.2, 0.25) is 0 Å². The van der Waals surface area contributed by atoms with Crippen LogP contribution in [0.5, 0.6) is 0 Å². The van der Waals surface area contributed by atoms with Crippen molar-refractivity contribution in [2.24, 2.45) is 0 Å². The van der Waals surface area contributed by atoms with E-state index >= 15 is 0 Å². The van der Waals surface area contributed by atoms with Gasteiger partial charge in [0.05, 0.1) is 22.1 Å². The fraction of sp³-hybridized carbons (Fsp3) is 0. The van der Waals surface area contributed by atoms with E-state index in [0.717, 1.165) is 118 Å². The van der Waals surface area contributed by atoms with E-state index in [2.05, 4.69) is 299 Å². The van der Waals surface area contributed by atoms with Gasteiger partial charge in [-0.15, -0.1) is 0 Å². The molecule has 362 valence electrons. The van der Waals surface area contributed by atoms with Gasteiger partial charge in [0.15, 0.2) is 0 Å². The van der Waals surface area contributed by atoms with E-state index in [9.17, 15) is 0 Å². The van der Waals surface area contributed by atoms with Crippen molar-refractivity contribution in [2.75, 3.05) is 4.90 Å². The smallest absolute Gasteiger partial charge is 0.145 e. The Balaban J connectivity index is 0.785. The summed E-state index contributed by atoms with van der Waals surface area (Å²) in [6, 6.07) is 106. The van der Waals surface area contributed by atoms with Crippen LogP contribution in [0.15, 0.2) is 297 Å². The van der Waals surface area contributed by atoms with Crippen LogP contribution >= 0.6 is 0 Å². The fourth-order valence-corrected chi connectivity index (χ4v) is 10.9. The summed E-state index contributed by atoms with van der Waals surface area (Å²) in [6.45, 7) is 0. The number of anilines is 3. The largest absolute Gasteiger partial charge is 0.310 e. The van der Waals surface area contributed by atoms with Gasteiger partial charge in [0.25, 0.3) is 0 Å². The molecule has 14 aromatic rings. The predicted octanol–water partition coefficient (Wildman–Crippen LogP) is 19.0. The van der Waals surface area contributed by atoms with Crippen LogP contribution in [0, 0.1) is 0 Å². The molecule has 5 heteroatoms. The van der Waals surface area contributed by atoms with Crippen LogP contribution in [-0.2, 0) is 0 Å². The monoisotopic (exact) mass is 983 g/mol. The molecular weight excluding hydrogens is 935 g/mol. The summed E-state index contributed by atoms with van der Waals surface area (Å²) in [5, 5.41) is 2.40. The maximum atomic E-state index is 5.15. The second-order valence-corrected chi connectivity index (χ2v) is 19.5. The Morgan fingerprint density at radius 3 is 1.04 bits per heavy atom. The average Bonchev–Trinajstić information content (AvgIpc) is 4.17. The number of rotatable bonds is 11. The minimum absolute atomic E-state index is 0.925. The molecule has 0 fully saturated rings. The molecule has 77 heavy (non-hydrogen) atoms. The van der Waals surface area contributed by atoms with Gasteiger partial charge in [-0.3, -0.25) is 9.13 Å². The van der Waals surface area contributed by atoms with Crippen LogP contribution in [0.1, 0.15) is 0 Å². The van der Waals surface area contributed by atoms with E-state index in [1.165, 1.54) is 10.8 Å². The number of hydrogen-bond donors (Lipinski definition) is 0. The first-order valence-corrected chi connectivity index (χ1v) is 26.1. The second kappa shape index (κ2) is 19.5. The lowest BCUT2D eigenvalue weighted by atomic mass is 9.98. The number of imidazole rings is 2. The third-order valence-corrected chi connectivity index (χ3v) is 14.7.